The number of nitrogens with zero attached hydrogens (tertiary/aromatic N) is 1. The van der Waals surface area contributed by atoms with Gasteiger partial charge in [-0.1, -0.05) is 20.8 Å². The van der Waals surface area contributed by atoms with Gasteiger partial charge in [0, 0.05) is 26.1 Å². The molecule has 0 saturated carbocycles. The van der Waals surface area contributed by atoms with Crippen molar-refractivity contribution in [3.63, 3.8) is 0 Å². The molecule has 0 unspecified atom stereocenters. The second kappa shape index (κ2) is 7.36. The number of hydrogen-bond acceptors (Lipinski definition) is 3. The Balaban J connectivity index is 4.06. The van der Waals surface area contributed by atoms with Crippen molar-refractivity contribution in [2.75, 3.05) is 19.6 Å². The summed E-state index contributed by atoms with van der Waals surface area (Å²) in [5.74, 6) is -0.139. The maximum absolute atomic E-state index is 11.7. The van der Waals surface area contributed by atoms with E-state index in [0.29, 0.717) is 26.1 Å². The van der Waals surface area contributed by atoms with E-state index < -0.39 is 6.04 Å². The molecule has 0 rings (SSSR count). The third kappa shape index (κ3) is 5.49. The molecule has 0 aromatic carbocycles. The molecule has 18 heavy (non-hydrogen) atoms. The minimum atomic E-state index is -0.555. The molecule has 0 spiro atoms. The fourth-order valence-electron chi connectivity index (χ4n) is 1.53. The first-order valence-corrected chi connectivity index (χ1v) is 6.55. The maximum atomic E-state index is 11.7. The molecule has 0 bridgehead atoms. The molecule has 0 aliphatic carbocycles. The highest BCUT2D eigenvalue weighted by Gasteiger charge is 2.27. The number of hydrogen-bond donors (Lipinski definition) is 2. The second-order valence-corrected chi connectivity index (χ2v) is 5.45. The Bertz CT molecular complexity index is 280. The summed E-state index contributed by atoms with van der Waals surface area (Å²) in [6, 6.07) is -0.555. The van der Waals surface area contributed by atoms with E-state index in [0.717, 1.165) is 0 Å². The van der Waals surface area contributed by atoms with Crippen LogP contribution in [-0.4, -0.2) is 42.4 Å². The van der Waals surface area contributed by atoms with Gasteiger partial charge in [-0.25, -0.2) is 0 Å². The van der Waals surface area contributed by atoms with Gasteiger partial charge in [-0.2, -0.15) is 0 Å². The van der Waals surface area contributed by atoms with Crippen LogP contribution in [0, 0.1) is 5.41 Å². The molecule has 0 saturated heterocycles. The molecule has 0 fully saturated rings. The predicted molar refractivity (Wildman–Crippen MR) is 73.0 cm³/mol. The molecule has 0 aliphatic rings. The summed E-state index contributed by atoms with van der Waals surface area (Å²) in [6.45, 7) is 11.4. The van der Waals surface area contributed by atoms with Crippen LogP contribution in [0.1, 0.15) is 41.0 Å². The first kappa shape index (κ1) is 16.9. The summed E-state index contributed by atoms with van der Waals surface area (Å²) in [4.78, 5) is 25.2. The fourth-order valence-corrected chi connectivity index (χ4v) is 1.53. The Kier molecular flexibility index (Phi) is 6.91. The number of rotatable bonds is 6. The Hall–Kier alpha value is -1.10. The molecule has 0 aromatic heterocycles. The Labute approximate surface area is 110 Å². The Morgan fingerprint density at radius 1 is 1.22 bits per heavy atom. The average Bonchev–Trinajstić information content (AvgIpc) is 2.28. The molecule has 1 atom stereocenters. The summed E-state index contributed by atoms with van der Waals surface area (Å²) in [5.41, 5.74) is 5.55. The standard InChI is InChI=1S/C13H27N3O2/c1-6-16(7-2)10(17)8-9-15-12(18)11(14)13(3,4)5/h11H,6-9,14H2,1-5H3,(H,15,18)/t11-/m0/s1. The van der Waals surface area contributed by atoms with Crippen molar-refractivity contribution in [3.05, 3.63) is 0 Å². The number of carbonyl (C=O) groups is 2. The van der Waals surface area contributed by atoms with E-state index >= 15 is 0 Å². The van der Waals surface area contributed by atoms with Gasteiger partial charge in [0.05, 0.1) is 6.04 Å². The number of nitrogens with two attached hydrogens (primary N) is 1. The van der Waals surface area contributed by atoms with Crippen molar-refractivity contribution >= 4 is 11.8 Å². The highest BCUT2D eigenvalue weighted by atomic mass is 16.2. The van der Waals surface area contributed by atoms with Crippen molar-refractivity contribution in [1.82, 2.24) is 10.2 Å². The van der Waals surface area contributed by atoms with Crippen LogP contribution in [0.3, 0.4) is 0 Å². The van der Waals surface area contributed by atoms with E-state index in [2.05, 4.69) is 5.32 Å². The lowest BCUT2D eigenvalue weighted by molar-refractivity contribution is -0.131. The van der Waals surface area contributed by atoms with E-state index in [1.165, 1.54) is 0 Å². The van der Waals surface area contributed by atoms with Crippen LogP contribution in [0.25, 0.3) is 0 Å². The van der Waals surface area contributed by atoms with Gasteiger partial charge in [-0.05, 0) is 19.3 Å². The van der Waals surface area contributed by atoms with Gasteiger partial charge in [0.25, 0.3) is 0 Å². The predicted octanol–water partition coefficient (Wildman–Crippen LogP) is 0.735. The first-order valence-electron chi connectivity index (χ1n) is 6.55. The number of carbonyl (C=O) groups excluding carboxylic acids is 2. The summed E-state index contributed by atoms with van der Waals surface area (Å²) in [6.07, 6.45) is 0.324. The van der Waals surface area contributed by atoms with E-state index in [-0.39, 0.29) is 17.2 Å². The van der Waals surface area contributed by atoms with Gasteiger partial charge in [0.2, 0.25) is 11.8 Å². The molecule has 0 radical (unpaired) electrons. The van der Waals surface area contributed by atoms with Crippen molar-refractivity contribution < 1.29 is 9.59 Å². The van der Waals surface area contributed by atoms with Crippen LogP contribution in [0.4, 0.5) is 0 Å². The molecule has 0 heterocycles. The molecular formula is C13H27N3O2. The number of nitrogens with one attached hydrogen (secondary N) is 1. The highest BCUT2D eigenvalue weighted by Crippen LogP contribution is 2.16. The van der Waals surface area contributed by atoms with E-state index in [9.17, 15) is 9.59 Å². The summed E-state index contributed by atoms with van der Waals surface area (Å²) in [7, 11) is 0. The van der Waals surface area contributed by atoms with Crippen molar-refractivity contribution in [3.8, 4) is 0 Å². The van der Waals surface area contributed by atoms with E-state index in [1.807, 2.05) is 34.6 Å². The molecule has 0 aliphatic heterocycles. The number of amides is 2. The zero-order valence-electron chi connectivity index (χ0n) is 12.2. The molecule has 2 amide bonds. The van der Waals surface area contributed by atoms with Crippen LogP contribution in [0.5, 0.6) is 0 Å². The van der Waals surface area contributed by atoms with Gasteiger partial charge in [0.15, 0.2) is 0 Å². The van der Waals surface area contributed by atoms with Crippen LogP contribution >= 0.6 is 0 Å². The molecule has 5 heteroatoms. The Morgan fingerprint density at radius 3 is 2.11 bits per heavy atom. The van der Waals surface area contributed by atoms with Gasteiger partial charge in [-0.15, -0.1) is 0 Å². The quantitative estimate of drug-likeness (QED) is 0.736. The van der Waals surface area contributed by atoms with Gasteiger partial charge < -0.3 is 16.0 Å². The van der Waals surface area contributed by atoms with Crippen LogP contribution < -0.4 is 11.1 Å². The van der Waals surface area contributed by atoms with Crippen molar-refractivity contribution in [1.29, 1.82) is 0 Å². The normalized spacial score (nSPS) is 13.0. The summed E-state index contributed by atoms with van der Waals surface area (Å²) in [5, 5.41) is 2.71. The van der Waals surface area contributed by atoms with Gasteiger partial charge in [-0.3, -0.25) is 9.59 Å². The Morgan fingerprint density at radius 2 is 1.72 bits per heavy atom. The molecule has 0 aromatic rings. The lowest BCUT2D eigenvalue weighted by atomic mass is 9.87. The summed E-state index contributed by atoms with van der Waals surface area (Å²) >= 11 is 0. The molecule has 5 nitrogen and oxygen atoms in total. The SMILES string of the molecule is CCN(CC)C(=O)CCNC(=O)[C@H](N)C(C)(C)C. The smallest absolute Gasteiger partial charge is 0.237 e. The lowest BCUT2D eigenvalue weighted by Gasteiger charge is -2.26. The average molecular weight is 257 g/mol. The van der Waals surface area contributed by atoms with Crippen LogP contribution in [0.15, 0.2) is 0 Å². The zero-order valence-corrected chi connectivity index (χ0v) is 12.2. The highest BCUT2D eigenvalue weighted by molar-refractivity contribution is 5.83. The second-order valence-electron chi connectivity index (χ2n) is 5.45. The summed E-state index contributed by atoms with van der Waals surface area (Å²) < 4.78 is 0. The third-order valence-corrected chi connectivity index (χ3v) is 2.97. The topological polar surface area (TPSA) is 75.4 Å². The lowest BCUT2D eigenvalue weighted by Crippen LogP contribution is -2.49. The van der Waals surface area contributed by atoms with Crippen LogP contribution in [0.2, 0.25) is 0 Å². The van der Waals surface area contributed by atoms with E-state index in [4.69, 9.17) is 5.73 Å². The maximum Gasteiger partial charge on any atom is 0.237 e. The van der Waals surface area contributed by atoms with Gasteiger partial charge >= 0.3 is 0 Å². The molecule has 106 valence electrons. The minimum Gasteiger partial charge on any atom is -0.354 e. The zero-order chi connectivity index (χ0) is 14.3. The van der Waals surface area contributed by atoms with Gasteiger partial charge in [0.1, 0.15) is 0 Å². The van der Waals surface area contributed by atoms with Crippen molar-refractivity contribution in [2.45, 2.75) is 47.1 Å². The fraction of sp³-hybridized carbons (Fsp3) is 0.846. The van der Waals surface area contributed by atoms with Crippen LogP contribution in [-0.2, 0) is 9.59 Å². The molecule has 3 N–H and O–H groups in total. The monoisotopic (exact) mass is 257 g/mol. The first-order chi connectivity index (χ1) is 8.23. The molecular weight excluding hydrogens is 230 g/mol. The minimum absolute atomic E-state index is 0.0598. The van der Waals surface area contributed by atoms with Crippen molar-refractivity contribution in [2.24, 2.45) is 11.1 Å². The third-order valence-electron chi connectivity index (χ3n) is 2.97. The van der Waals surface area contributed by atoms with E-state index in [1.54, 1.807) is 4.90 Å². The largest absolute Gasteiger partial charge is 0.354 e.